The van der Waals surface area contributed by atoms with E-state index in [1.54, 1.807) is 44.2 Å². The van der Waals surface area contributed by atoms with Gasteiger partial charge in [0, 0.05) is 23.0 Å². The van der Waals surface area contributed by atoms with Crippen molar-refractivity contribution in [1.82, 2.24) is 20.4 Å². The molecule has 2 aromatic carbocycles. The van der Waals surface area contributed by atoms with E-state index in [1.807, 2.05) is 36.4 Å². The number of aromatic nitrogens is 2. The maximum absolute atomic E-state index is 12.6. The molecule has 4 rings (SSSR count). The Hall–Kier alpha value is -4.27. The number of hydrogen-bond acceptors (Lipinski definition) is 6. The predicted molar refractivity (Wildman–Crippen MR) is 121 cm³/mol. The molecule has 9 heteroatoms. The van der Waals surface area contributed by atoms with Gasteiger partial charge in [0.05, 0.1) is 44.3 Å². The van der Waals surface area contributed by atoms with Crippen molar-refractivity contribution < 1.29 is 23.8 Å². The highest BCUT2D eigenvalue weighted by atomic mass is 16.5. The molecule has 0 radical (unpaired) electrons. The summed E-state index contributed by atoms with van der Waals surface area (Å²) in [5.74, 6) is 0.562. The Morgan fingerprint density at radius 2 is 1.76 bits per heavy atom. The molecule has 0 saturated heterocycles. The van der Waals surface area contributed by atoms with Gasteiger partial charge < -0.3 is 24.8 Å². The van der Waals surface area contributed by atoms with Gasteiger partial charge in [-0.3, -0.25) is 0 Å². The van der Waals surface area contributed by atoms with E-state index in [9.17, 15) is 9.59 Å². The molecule has 170 valence electrons. The third-order valence-corrected chi connectivity index (χ3v) is 5.41. The molecule has 3 aromatic rings. The third kappa shape index (κ3) is 4.12. The molecule has 1 atom stereocenters. The molecule has 9 nitrogen and oxygen atoms in total. The van der Waals surface area contributed by atoms with Crippen LogP contribution in [0.1, 0.15) is 18.5 Å². The van der Waals surface area contributed by atoms with E-state index < -0.39 is 18.0 Å². The fourth-order valence-corrected chi connectivity index (χ4v) is 3.83. The Balaban J connectivity index is 1.94. The van der Waals surface area contributed by atoms with E-state index in [-0.39, 0.29) is 0 Å². The summed E-state index contributed by atoms with van der Waals surface area (Å²) in [7, 11) is 4.42. The molecule has 0 aliphatic carbocycles. The molecule has 2 heterocycles. The number of methoxy groups -OCH3 is 3. The van der Waals surface area contributed by atoms with Gasteiger partial charge in [-0.1, -0.05) is 18.2 Å². The minimum Gasteiger partial charge on any atom is -0.493 e. The predicted octanol–water partition coefficient (Wildman–Crippen LogP) is 3.36. The summed E-state index contributed by atoms with van der Waals surface area (Å²) in [5, 5.41) is 10.3. The van der Waals surface area contributed by atoms with E-state index in [4.69, 9.17) is 19.3 Å². The first kappa shape index (κ1) is 21.9. The van der Waals surface area contributed by atoms with Crippen molar-refractivity contribution in [2.45, 2.75) is 13.0 Å². The van der Waals surface area contributed by atoms with Crippen LogP contribution in [-0.2, 0) is 9.53 Å². The molecule has 0 saturated carbocycles. The molecule has 1 aromatic heterocycles. The van der Waals surface area contributed by atoms with Crippen LogP contribution in [0.5, 0.6) is 11.5 Å². The molecule has 33 heavy (non-hydrogen) atoms. The van der Waals surface area contributed by atoms with Crippen molar-refractivity contribution in [3.63, 3.8) is 0 Å². The fraction of sp³-hybridized carbons (Fsp3) is 0.208. The zero-order valence-electron chi connectivity index (χ0n) is 18.7. The zero-order valence-corrected chi connectivity index (χ0v) is 18.7. The molecule has 2 N–H and O–H groups in total. The Morgan fingerprint density at radius 1 is 1.03 bits per heavy atom. The smallest absolute Gasteiger partial charge is 0.337 e. The van der Waals surface area contributed by atoms with Crippen LogP contribution in [0.25, 0.3) is 16.9 Å². The first-order chi connectivity index (χ1) is 16.0. The fourth-order valence-electron chi connectivity index (χ4n) is 3.83. The Kier molecular flexibility index (Phi) is 6.03. The van der Waals surface area contributed by atoms with E-state index >= 15 is 0 Å². The van der Waals surface area contributed by atoms with Crippen LogP contribution in [-0.4, -0.2) is 43.1 Å². The van der Waals surface area contributed by atoms with Gasteiger partial charge in [0.1, 0.15) is 0 Å². The number of allylic oxidation sites excluding steroid dienone is 1. The highest BCUT2D eigenvalue weighted by Crippen LogP contribution is 2.38. The number of urea groups is 1. The average Bonchev–Trinajstić information content (AvgIpc) is 3.28. The summed E-state index contributed by atoms with van der Waals surface area (Å²) in [6, 6.07) is 13.8. The lowest BCUT2D eigenvalue weighted by molar-refractivity contribution is -0.136. The second-order valence-corrected chi connectivity index (χ2v) is 7.34. The largest absolute Gasteiger partial charge is 0.493 e. The van der Waals surface area contributed by atoms with Crippen LogP contribution < -0.4 is 20.1 Å². The summed E-state index contributed by atoms with van der Waals surface area (Å²) in [6.45, 7) is 1.66. The van der Waals surface area contributed by atoms with Crippen LogP contribution in [0, 0.1) is 0 Å². The second kappa shape index (κ2) is 9.07. The Bertz CT molecular complexity index is 1230. The summed E-state index contributed by atoms with van der Waals surface area (Å²) in [5.41, 5.74) is 3.47. The highest BCUT2D eigenvalue weighted by Gasteiger charge is 2.35. The number of benzene rings is 2. The summed E-state index contributed by atoms with van der Waals surface area (Å²) in [6.07, 6.45) is 1.80. The van der Waals surface area contributed by atoms with Crippen molar-refractivity contribution in [3.8, 4) is 28.4 Å². The average molecular weight is 448 g/mol. The standard InChI is InChI=1S/C24H24N4O5/c1-14-20(23(29)33-4)22(26-24(30)25-14)17-13-28(16-8-6-5-7-9-16)27-21(17)15-10-11-18(31-2)19(12-15)32-3/h5-13,22H,1-4H3,(H2,25,26,30). The minimum absolute atomic E-state index is 0.298. The van der Waals surface area contributed by atoms with Crippen molar-refractivity contribution >= 4 is 12.0 Å². The van der Waals surface area contributed by atoms with Gasteiger partial charge in [0.25, 0.3) is 0 Å². The van der Waals surface area contributed by atoms with Gasteiger partial charge in [-0.25, -0.2) is 14.3 Å². The molecular weight excluding hydrogens is 424 g/mol. The van der Waals surface area contributed by atoms with Crippen molar-refractivity contribution in [1.29, 1.82) is 0 Å². The van der Waals surface area contributed by atoms with Gasteiger partial charge >= 0.3 is 12.0 Å². The number of nitrogens with one attached hydrogen (secondary N) is 2. The Morgan fingerprint density at radius 3 is 2.42 bits per heavy atom. The van der Waals surface area contributed by atoms with E-state index in [0.29, 0.717) is 34.0 Å². The van der Waals surface area contributed by atoms with Crippen molar-refractivity contribution in [2.75, 3.05) is 21.3 Å². The molecule has 0 spiro atoms. The van der Waals surface area contributed by atoms with Crippen LogP contribution in [0.15, 0.2) is 66.0 Å². The van der Waals surface area contributed by atoms with Gasteiger partial charge in [0.2, 0.25) is 0 Å². The van der Waals surface area contributed by atoms with E-state index in [0.717, 1.165) is 11.3 Å². The van der Waals surface area contributed by atoms with Crippen molar-refractivity contribution in [3.05, 3.63) is 71.6 Å². The van der Waals surface area contributed by atoms with Gasteiger partial charge in [-0.2, -0.15) is 5.10 Å². The molecule has 2 amide bonds. The first-order valence-corrected chi connectivity index (χ1v) is 10.2. The summed E-state index contributed by atoms with van der Waals surface area (Å²) in [4.78, 5) is 25.0. The topological polar surface area (TPSA) is 104 Å². The number of esters is 1. The van der Waals surface area contributed by atoms with Gasteiger partial charge in [-0.15, -0.1) is 0 Å². The maximum atomic E-state index is 12.6. The highest BCUT2D eigenvalue weighted by molar-refractivity contribution is 5.95. The molecule has 1 unspecified atom stereocenters. The molecular formula is C24H24N4O5. The molecule has 1 aliphatic heterocycles. The number of hydrogen-bond donors (Lipinski definition) is 2. The van der Waals surface area contributed by atoms with Crippen LogP contribution in [0.3, 0.4) is 0 Å². The SMILES string of the molecule is COC(=O)C1=C(C)NC(=O)NC1c1cn(-c2ccccc2)nc1-c1ccc(OC)c(OC)c1. The second-order valence-electron chi connectivity index (χ2n) is 7.34. The van der Waals surface area contributed by atoms with E-state index in [2.05, 4.69) is 10.6 Å². The summed E-state index contributed by atoms with van der Waals surface area (Å²) >= 11 is 0. The third-order valence-electron chi connectivity index (χ3n) is 5.41. The van der Waals surface area contributed by atoms with Crippen molar-refractivity contribution in [2.24, 2.45) is 0 Å². The normalized spacial score (nSPS) is 15.5. The number of para-hydroxylation sites is 1. The van der Waals surface area contributed by atoms with Crippen LogP contribution in [0.2, 0.25) is 0 Å². The lowest BCUT2D eigenvalue weighted by Gasteiger charge is -2.27. The first-order valence-electron chi connectivity index (χ1n) is 10.2. The van der Waals surface area contributed by atoms with Gasteiger partial charge in [-0.05, 0) is 37.3 Å². The molecule has 0 fully saturated rings. The Labute approximate surface area is 191 Å². The molecule has 1 aliphatic rings. The number of amides is 2. The number of ether oxygens (including phenoxy) is 3. The van der Waals surface area contributed by atoms with Gasteiger partial charge in [0.15, 0.2) is 11.5 Å². The number of carbonyl (C=O) groups is 2. The van der Waals surface area contributed by atoms with E-state index in [1.165, 1.54) is 7.11 Å². The van der Waals surface area contributed by atoms with Crippen LogP contribution >= 0.6 is 0 Å². The monoisotopic (exact) mass is 448 g/mol. The minimum atomic E-state index is -0.772. The molecule has 0 bridgehead atoms. The van der Waals surface area contributed by atoms with Crippen LogP contribution in [0.4, 0.5) is 4.79 Å². The number of carbonyl (C=O) groups excluding carboxylic acids is 2. The lowest BCUT2D eigenvalue weighted by atomic mass is 9.93. The number of nitrogens with zero attached hydrogens (tertiary/aromatic N) is 2. The quantitative estimate of drug-likeness (QED) is 0.561. The summed E-state index contributed by atoms with van der Waals surface area (Å²) < 4.78 is 17.5. The maximum Gasteiger partial charge on any atom is 0.337 e. The lowest BCUT2D eigenvalue weighted by Crippen LogP contribution is -2.45. The zero-order chi connectivity index (χ0) is 23.5. The number of rotatable bonds is 6.